The van der Waals surface area contributed by atoms with Gasteiger partial charge < -0.3 is 10.0 Å². The lowest BCUT2D eigenvalue weighted by molar-refractivity contribution is -0.137. The number of aliphatic carboxylic acids is 1. The number of hydrogen-bond donors (Lipinski definition) is 1. The molecule has 2 rings (SSSR count). The molecule has 0 radical (unpaired) electrons. The number of benzene rings is 1. The second-order valence-corrected chi connectivity index (χ2v) is 5.42. The lowest BCUT2D eigenvalue weighted by Crippen LogP contribution is -2.35. The molecule has 0 fully saturated rings. The number of halogens is 1. The van der Waals surface area contributed by atoms with Crippen molar-refractivity contribution in [3.05, 3.63) is 52.3 Å². The average molecular weight is 322 g/mol. The van der Waals surface area contributed by atoms with E-state index in [1.165, 1.54) is 9.58 Å². The molecule has 1 N–H and O–H groups in total. The average Bonchev–Trinajstić information content (AvgIpc) is 2.78. The molecule has 0 unspecified atom stereocenters. The normalized spacial score (nSPS) is 10.5. The van der Waals surface area contributed by atoms with E-state index in [1.54, 1.807) is 44.4 Å². The molecule has 116 valence electrons. The lowest BCUT2D eigenvalue weighted by atomic mass is 10.1. The van der Waals surface area contributed by atoms with E-state index in [4.69, 9.17) is 16.7 Å². The molecule has 0 atom stereocenters. The largest absolute Gasteiger partial charge is 0.480 e. The van der Waals surface area contributed by atoms with Gasteiger partial charge in [0.2, 0.25) is 0 Å². The fourth-order valence-corrected chi connectivity index (χ4v) is 2.28. The summed E-state index contributed by atoms with van der Waals surface area (Å²) in [5.41, 5.74) is 1.78. The van der Waals surface area contributed by atoms with Crippen LogP contribution in [0, 0.1) is 6.92 Å². The van der Waals surface area contributed by atoms with Crippen LogP contribution in [0.4, 0.5) is 0 Å². The van der Waals surface area contributed by atoms with Gasteiger partial charge in [-0.25, -0.2) is 0 Å². The number of carboxylic acids is 1. The highest BCUT2D eigenvalue weighted by atomic mass is 35.5. The van der Waals surface area contributed by atoms with Crippen LogP contribution < -0.4 is 0 Å². The van der Waals surface area contributed by atoms with Gasteiger partial charge in [-0.2, -0.15) is 5.10 Å². The lowest BCUT2D eigenvalue weighted by Gasteiger charge is -2.20. The molecule has 22 heavy (non-hydrogen) atoms. The number of carboxylic acid groups (broad SMARTS) is 1. The van der Waals surface area contributed by atoms with Crippen LogP contribution >= 0.6 is 11.6 Å². The fourth-order valence-electron chi connectivity index (χ4n) is 2.15. The van der Waals surface area contributed by atoms with Crippen LogP contribution in [0.25, 0.3) is 0 Å². The van der Waals surface area contributed by atoms with Crippen LogP contribution in [0.15, 0.2) is 30.5 Å². The smallest absolute Gasteiger partial charge is 0.323 e. The summed E-state index contributed by atoms with van der Waals surface area (Å²) in [6.45, 7) is 1.53. The van der Waals surface area contributed by atoms with Crippen LogP contribution in [0.1, 0.15) is 21.6 Å². The minimum atomic E-state index is -1.07. The Hall–Kier alpha value is -2.34. The van der Waals surface area contributed by atoms with Crippen molar-refractivity contribution in [2.24, 2.45) is 7.05 Å². The molecule has 0 saturated heterocycles. The van der Waals surface area contributed by atoms with Gasteiger partial charge in [0.15, 0.2) is 0 Å². The van der Waals surface area contributed by atoms with Crippen LogP contribution in [0.3, 0.4) is 0 Å². The zero-order chi connectivity index (χ0) is 16.3. The third kappa shape index (κ3) is 3.85. The number of amides is 1. The summed E-state index contributed by atoms with van der Waals surface area (Å²) in [4.78, 5) is 24.9. The predicted molar refractivity (Wildman–Crippen MR) is 81.8 cm³/mol. The van der Waals surface area contributed by atoms with Crippen LogP contribution in [0.2, 0.25) is 5.02 Å². The number of rotatable bonds is 5. The molecule has 0 saturated carbocycles. The molecule has 0 bridgehead atoms. The second-order valence-electron chi connectivity index (χ2n) is 4.98. The Kier molecular flexibility index (Phi) is 4.82. The summed E-state index contributed by atoms with van der Waals surface area (Å²) in [7, 11) is 1.71. The van der Waals surface area contributed by atoms with Gasteiger partial charge in [-0.15, -0.1) is 0 Å². The number of aromatic nitrogens is 2. The molecule has 1 aromatic heterocycles. The summed E-state index contributed by atoms with van der Waals surface area (Å²) in [6, 6.07) is 6.94. The van der Waals surface area contributed by atoms with Gasteiger partial charge in [-0.3, -0.25) is 14.3 Å². The molecule has 1 heterocycles. The first-order chi connectivity index (χ1) is 10.4. The van der Waals surface area contributed by atoms with Gasteiger partial charge in [0.05, 0.1) is 11.3 Å². The molecule has 0 aliphatic rings. The van der Waals surface area contributed by atoms with Gasteiger partial charge in [-0.1, -0.05) is 23.7 Å². The molecule has 1 aromatic carbocycles. The quantitative estimate of drug-likeness (QED) is 0.915. The summed E-state index contributed by atoms with van der Waals surface area (Å²) in [5, 5.41) is 13.7. The van der Waals surface area contributed by atoms with Crippen molar-refractivity contribution in [3.8, 4) is 0 Å². The zero-order valence-corrected chi connectivity index (χ0v) is 13.0. The van der Waals surface area contributed by atoms with Crippen molar-refractivity contribution in [1.29, 1.82) is 0 Å². The van der Waals surface area contributed by atoms with Crippen molar-refractivity contribution in [2.75, 3.05) is 6.54 Å². The fraction of sp³-hybridized carbons (Fsp3) is 0.267. The minimum absolute atomic E-state index is 0.191. The van der Waals surface area contributed by atoms with Crippen molar-refractivity contribution in [2.45, 2.75) is 13.5 Å². The maximum atomic E-state index is 12.6. The monoisotopic (exact) mass is 321 g/mol. The molecule has 2 aromatic rings. The Bertz CT molecular complexity index is 695. The van der Waals surface area contributed by atoms with Gasteiger partial charge >= 0.3 is 5.97 Å². The van der Waals surface area contributed by atoms with Crippen molar-refractivity contribution >= 4 is 23.5 Å². The predicted octanol–water partition coefficient (Wildman–Crippen LogP) is 2.11. The Balaban J connectivity index is 2.25. The molecule has 0 aliphatic carbocycles. The maximum Gasteiger partial charge on any atom is 0.323 e. The van der Waals surface area contributed by atoms with Crippen LogP contribution in [-0.2, 0) is 18.4 Å². The summed E-state index contributed by atoms with van der Waals surface area (Å²) < 4.78 is 1.53. The Morgan fingerprint density at radius 3 is 2.45 bits per heavy atom. The summed E-state index contributed by atoms with van der Waals surface area (Å²) >= 11 is 5.83. The van der Waals surface area contributed by atoms with Gasteiger partial charge in [0, 0.05) is 24.8 Å². The molecule has 7 heteroatoms. The van der Waals surface area contributed by atoms with E-state index >= 15 is 0 Å². The number of hydrogen-bond acceptors (Lipinski definition) is 3. The number of nitrogens with zero attached hydrogens (tertiary/aromatic N) is 3. The Morgan fingerprint density at radius 2 is 1.95 bits per heavy atom. The van der Waals surface area contributed by atoms with E-state index in [0.717, 1.165) is 5.56 Å². The molecule has 0 aliphatic heterocycles. The van der Waals surface area contributed by atoms with E-state index in [-0.39, 0.29) is 19.0 Å². The minimum Gasteiger partial charge on any atom is -0.480 e. The van der Waals surface area contributed by atoms with Crippen molar-refractivity contribution in [3.63, 3.8) is 0 Å². The SMILES string of the molecule is Cc1nn(C)cc1C(=O)N(CC(=O)O)Cc1ccc(Cl)cc1. The highest BCUT2D eigenvalue weighted by Gasteiger charge is 2.22. The first-order valence-electron chi connectivity index (χ1n) is 6.62. The van der Waals surface area contributed by atoms with Crippen molar-refractivity contribution in [1.82, 2.24) is 14.7 Å². The summed E-state index contributed by atoms with van der Waals surface area (Å²) in [6.07, 6.45) is 1.59. The van der Waals surface area contributed by atoms with E-state index in [1.807, 2.05) is 0 Å². The Labute approximate surface area is 132 Å². The molecular formula is C15H16ClN3O3. The third-order valence-electron chi connectivity index (χ3n) is 3.14. The molecule has 1 amide bonds. The number of carbonyl (C=O) groups excluding carboxylic acids is 1. The van der Waals surface area contributed by atoms with E-state index < -0.39 is 5.97 Å². The van der Waals surface area contributed by atoms with Gasteiger partial charge in [0.25, 0.3) is 5.91 Å². The number of carbonyl (C=O) groups is 2. The molecule has 0 spiro atoms. The van der Waals surface area contributed by atoms with Gasteiger partial charge in [-0.05, 0) is 24.6 Å². The Morgan fingerprint density at radius 1 is 1.32 bits per heavy atom. The van der Waals surface area contributed by atoms with Crippen LogP contribution in [0.5, 0.6) is 0 Å². The van der Waals surface area contributed by atoms with Gasteiger partial charge in [0.1, 0.15) is 6.54 Å². The first-order valence-corrected chi connectivity index (χ1v) is 7.00. The topological polar surface area (TPSA) is 75.4 Å². The first kappa shape index (κ1) is 16.0. The maximum absolute atomic E-state index is 12.6. The summed E-state index contributed by atoms with van der Waals surface area (Å²) in [5.74, 6) is -1.42. The standard InChI is InChI=1S/C15H16ClN3O3/c1-10-13(8-18(2)17-10)15(22)19(9-14(20)21)7-11-3-5-12(16)6-4-11/h3-6,8H,7,9H2,1-2H3,(H,20,21). The zero-order valence-electron chi connectivity index (χ0n) is 12.3. The van der Waals surface area contributed by atoms with Crippen LogP contribution in [-0.4, -0.2) is 38.2 Å². The highest BCUT2D eigenvalue weighted by molar-refractivity contribution is 6.30. The number of aryl methyl sites for hydroxylation is 2. The highest BCUT2D eigenvalue weighted by Crippen LogP contribution is 2.15. The van der Waals surface area contributed by atoms with Crippen molar-refractivity contribution < 1.29 is 14.7 Å². The van der Waals surface area contributed by atoms with E-state index in [2.05, 4.69) is 5.10 Å². The second kappa shape index (κ2) is 6.62. The third-order valence-corrected chi connectivity index (χ3v) is 3.40. The van der Waals surface area contributed by atoms with E-state index in [0.29, 0.717) is 16.3 Å². The molecule has 6 nitrogen and oxygen atoms in total. The van der Waals surface area contributed by atoms with E-state index in [9.17, 15) is 9.59 Å². The molecular weight excluding hydrogens is 306 g/mol.